The van der Waals surface area contributed by atoms with Crippen LogP contribution in [0.4, 0.5) is 16.2 Å². The Hall–Kier alpha value is -3.33. The first kappa shape index (κ1) is 21.9. The molecule has 0 saturated heterocycles. The molecule has 1 aromatic heterocycles. The number of nitrogens with one attached hydrogen (secondary N) is 1. The first-order valence-electron chi connectivity index (χ1n) is 9.92. The number of carbonyl (C=O) groups excluding carboxylic acids is 2. The van der Waals surface area contributed by atoms with Crippen molar-refractivity contribution in [3.05, 3.63) is 58.3 Å². The molecule has 0 saturated carbocycles. The van der Waals surface area contributed by atoms with E-state index >= 15 is 0 Å². The van der Waals surface area contributed by atoms with Crippen LogP contribution < -0.4 is 16.0 Å². The minimum atomic E-state index is -1.48. The second-order valence-electron chi connectivity index (χ2n) is 8.80. The maximum atomic E-state index is 13.9. The zero-order valence-corrected chi connectivity index (χ0v) is 19.3. The van der Waals surface area contributed by atoms with Crippen LogP contribution in [-0.4, -0.2) is 28.6 Å². The van der Waals surface area contributed by atoms with Crippen LogP contribution in [0.5, 0.6) is 0 Å². The number of anilines is 2. The molecule has 0 fully saturated rings. The lowest BCUT2D eigenvalue weighted by Crippen LogP contribution is -2.64. The first-order chi connectivity index (χ1) is 15.0. The highest BCUT2D eigenvalue weighted by Crippen LogP contribution is 2.49. The standard InChI is InChI=1S/C23H22BrN3O5/c1-22(2,3)23(11-12-6-4-5-7-15(12)27(23)21(30)31)20(29)26-17-14-10-13(24)8-9-16(14)32-18(17)19(25)28/h4-10H,11H2,1-3H3,(H2,25,28)(H,26,29)(H,30,31)/t23-/m1/s1. The zero-order chi connectivity index (χ0) is 23.4. The van der Waals surface area contributed by atoms with Crippen LogP contribution in [0.25, 0.3) is 11.0 Å². The number of fused-ring (bicyclic) bond motifs is 2. The number of carbonyl (C=O) groups is 3. The Morgan fingerprint density at radius 2 is 1.88 bits per heavy atom. The molecular formula is C23H22BrN3O5. The van der Waals surface area contributed by atoms with Crippen molar-refractivity contribution >= 4 is 56.2 Å². The van der Waals surface area contributed by atoms with Gasteiger partial charge in [0.2, 0.25) is 5.76 Å². The number of hydrogen-bond donors (Lipinski definition) is 3. The average molecular weight is 500 g/mol. The van der Waals surface area contributed by atoms with Crippen LogP contribution in [0.2, 0.25) is 0 Å². The SMILES string of the molecule is CC(C)(C)[C@]1(C(=O)Nc2c(C(N)=O)oc3ccc(Br)cc23)Cc2ccccc2N1C(=O)O. The van der Waals surface area contributed by atoms with Gasteiger partial charge in [0.05, 0.1) is 5.69 Å². The Morgan fingerprint density at radius 1 is 1.19 bits per heavy atom. The van der Waals surface area contributed by atoms with Crippen molar-refractivity contribution in [2.24, 2.45) is 11.1 Å². The second-order valence-corrected chi connectivity index (χ2v) is 9.71. The van der Waals surface area contributed by atoms with E-state index in [1.54, 1.807) is 30.3 Å². The average Bonchev–Trinajstić information content (AvgIpc) is 3.24. The van der Waals surface area contributed by atoms with E-state index in [2.05, 4.69) is 21.2 Å². The number of nitrogens with two attached hydrogens (primary N) is 1. The molecule has 4 N–H and O–H groups in total. The molecule has 0 bridgehead atoms. The first-order valence-corrected chi connectivity index (χ1v) is 10.7. The third-order valence-electron chi connectivity index (χ3n) is 5.98. The largest absolute Gasteiger partial charge is 0.465 e. The minimum Gasteiger partial charge on any atom is -0.465 e. The summed E-state index contributed by atoms with van der Waals surface area (Å²) in [6.07, 6.45) is -1.06. The monoisotopic (exact) mass is 499 g/mol. The third kappa shape index (κ3) is 3.15. The Bertz CT molecular complexity index is 1280. The summed E-state index contributed by atoms with van der Waals surface area (Å²) in [5, 5.41) is 13.4. The highest BCUT2D eigenvalue weighted by atomic mass is 79.9. The van der Waals surface area contributed by atoms with Gasteiger partial charge in [0.15, 0.2) is 0 Å². The summed E-state index contributed by atoms with van der Waals surface area (Å²) in [6.45, 7) is 5.44. The van der Waals surface area contributed by atoms with E-state index in [1.807, 2.05) is 32.9 Å². The van der Waals surface area contributed by atoms with Crippen molar-refractivity contribution in [1.82, 2.24) is 0 Å². The van der Waals surface area contributed by atoms with Gasteiger partial charge in [0.1, 0.15) is 16.8 Å². The van der Waals surface area contributed by atoms with Gasteiger partial charge >= 0.3 is 6.09 Å². The van der Waals surface area contributed by atoms with Crippen molar-refractivity contribution in [2.45, 2.75) is 32.7 Å². The molecule has 0 spiro atoms. The lowest BCUT2D eigenvalue weighted by molar-refractivity contribution is -0.124. The van der Waals surface area contributed by atoms with E-state index < -0.39 is 28.9 Å². The lowest BCUT2D eigenvalue weighted by Gasteiger charge is -2.45. The molecule has 1 atom stereocenters. The van der Waals surface area contributed by atoms with Gasteiger partial charge in [-0.2, -0.15) is 0 Å². The van der Waals surface area contributed by atoms with E-state index in [9.17, 15) is 19.5 Å². The number of amides is 3. The summed E-state index contributed by atoms with van der Waals surface area (Å²) < 4.78 is 6.31. The summed E-state index contributed by atoms with van der Waals surface area (Å²) in [5.74, 6) is -1.62. The van der Waals surface area contributed by atoms with Crippen molar-refractivity contribution in [3.8, 4) is 0 Å². The van der Waals surface area contributed by atoms with Crippen molar-refractivity contribution in [1.29, 1.82) is 0 Å². The third-order valence-corrected chi connectivity index (χ3v) is 6.47. The van der Waals surface area contributed by atoms with E-state index in [0.717, 1.165) is 10.5 Å². The number of benzene rings is 2. The molecule has 4 rings (SSSR count). The van der Waals surface area contributed by atoms with Crippen LogP contribution in [-0.2, 0) is 11.2 Å². The van der Waals surface area contributed by atoms with Crippen LogP contribution in [0.1, 0.15) is 36.9 Å². The van der Waals surface area contributed by atoms with E-state index in [1.165, 1.54) is 0 Å². The number of hydrogen-bond acceptors (Lipinski definition) is 4. The molecule has 0 aliphatic carbocycles. The van der Waals surface area contributed by atoms with Crippen molar-refractivity contribution in [3.63, 3.8) is 0 Å². The van der Waals surface area contributed by atoms with Gasteiger partial charge in [-0.1, -0.05) is 54.9 Å². The van der Waals surface area contributed by atoms with Crippen LogP contribution in [0.3, 0.4) is 0 Å². The highest BCUT2D eigenvalue weighted by molar-refractivity contribution is 9.10. The van der Waals surface area contributed by atoms with Crippen LogP contribution >= 0.6 is 15.9 Å². The fraction of sp³-hybridized carbons (Fsp3) is 0.261. The normalized spacial score (nSPS) is 17.9. The molecular weight excluding hydrogens is 478 g/mol. The second kappa shape index (κ2) is 7.37. The number of rotatable bonds is 3. The summed E-state index contributed by atoms with van der Waals surface area (Å²) in [5.41, 5.74) is 4.91. The molecule has 9 heteroatoms. The van der Waals surface area contributed by atoms with Gasteiger partial charge < -0.3 is 20.6 Å². The molecule has 8 nitrogen and oxygen atoms in total. The Morgan fingerprint density at radius 3 is 2.50 bits per heavy atom. The Kier molecular flexibility index (Phi) is 5.04. The summed E-state index contributed by atoms with van der Waals surface area (Å²) >= 11 is 3.38. The molecule has 2 heterocycles. The highest BCUT2D eigenvalue weighted by Gasteiger charge is 2.59. The molecule has 0 radical (unpaired) electrons. The number of primary amides is 1. The summed E-state index contributed by atoms with van der Waals surface area (Å²) in [7, 11) is 0. The molecule has 3 aromatic rings. The molecule has 0 unspecified atom stereocenters. The van der Waals surface area contributed by atoms with Gasteiger partial charge in [-0.3, -0.25) is 14.5 Å². The number of nitrogens with zero attached hydrogens (tertiary/aromatic N) is 1. The predicted molar refractivity (Wildman–Crippen MR) is 124 cm³/mol. The maximum absolute atomic E-state index is 13.9. The van der Waals surface area contributed by atoms with Crippen LogP contribution in [0, 0.1) is 5.41 Å². The molecule has 3 amide bonds. The van der Waals surface area contributed by atoms with Crippen LogP contribution in [0.15, 0.2) is 51.4 Å². The topological polar surface area (TPSA) is 126 Å². The van der Waals surface area contributed by atoms with Gasteiger partial charge in [0.25, 0.3) is 11.8 Å². The molecule has 166 valence electrons. The molecule has 1 aliphatic heterocycles. The van der Waals surface area contributed by atoms with E-state index in [4.69, 9.17) is 10.2 Å². The van der Waals surface area contributed by atoms with Crippen molar-refractivity contribution in [2.75, 3.05) is 10.2 Å². The summed E-state index contributed by atoms with van der Waals surface area (Å²) in [4.78, 5) is 39.6. The maximum Gasteiger partial charge on any atom is 0.412 e. The van der Waals surface area contributed by atoms with Gasteiger partial charge in [0, 0.05) is 16.3 Å². The number of carboxylic acid groups (broad SMARTS) is 1. The molecule has 32 heavy (non-hydrogen) atoms. The quantitative estimate of drug-likeness (QED) is 0.478. The van der Waals surface area contributed by atoms with Gasteiger partial charge in [-0.05, 0) is 35.2 Å². The van der Waals surface area contributed by atoms with Gasteiger partial charge in [-0.15, -0.1) is 0 Å². The van der Waals surface area contributed by atoms with Gasteiger partial charge in [-0.25, -0.2) is 4.79 Å². The number of furan rings is 1. The Labute approximate surface area is 192 Å². The van der Waals surface area contributed by atoms with E-state index in [0.29, 0.717) is 21.1 Å². The van der Waals surface area contributed by atoms with E-state index in [-0.39, 0.29) is 17.9 Å². The number of para-hydroxylation sites is 1. The van der Waals surface area contributed by atoms with Crippen molar-refractivity contribution < 1.29 is 23.9 Å². The number of halogens is 1. The minimum absolute atomic E-state index is 0.115. The fourth-order valence-corrected chi connectivity index (χ4v) is 4.77. The lowest BCUT2D eigenvalue weighted by atomic mass is 9.70. The smallest absolute Gasteiger partial charge is 0.412 e. The fourth-order valence-electron chi connectivity index (χ4n) is 4.41. The zero-order valence-electron chi connectivity index (χ0n) is 17.7. The summed E-state index contributed by atoms with van der Waals surface area (Å²) in [6, 6.07) is 12.1. The Balaban J connectivity index is 1.89. The molecule has 2 aromatic carbocycles. The molecule has 1 aliphatic rings. The predicted octanol–water partition coefficient (Wildman–Crippen LogP) is 4.76.